The Morgan fingerprint density at radius 2 is 1.83 bits per heavy atom. The Bertz CT molecular complexity index is 960. The summed E-state index contributed by atoms with van der Waals surface area (Å²) in [5.74, 6) is 0.119. The molecule has 2 aromatic heterocycles. The molecule has 8 heteroatoms. The zero-order valence-electron chi connectivity index (χ0n) is 12.6. The Hall–Kier alpha value is -2.58. The van der Waals surface area contributed by atoms with Crippen molar-refractivity contribution in [2.45, 2.75) is 11.1 Å². The van der Waals surface area contributed by atoms with Crippen LogP contribution in [0.5, 0.6) is 0 Å². The number of sulfonamides is 1. The van der Waals surface area contributed by atoms with E-state index in [0.29, 0.717) is 22.7 Å². The summed E-state index contributed by atoms with van der Waals surface area (Å²) in [7, 11) is -3.69. The second kappa shape index (κ2) is 6.50. The van der Waals surface area contributed by atoms with Gasteiger partial charge in [0.25, 0.3) is 15.9 Å². The number of carbonyl (C=O) groups excluding carboxylic acids is 1. The van der Waals surface area contributed by atoms with Crippen molar-refractivity contribution in [2.24, 2.45) is 0 Å². The van der Waals surface area contributed by atoms with E-state index in [9.17, 15) is 13.2 Å². The van der Waals surface area contributed by atoms with Crippen LogP contribution in [0.15, 0.2) is 62.7 Å². The van der Waals surface area contributed by atoms with Gasteiger partial charge in [-0.2, -0.15) is 0 Å². The van der Waals surface area contributed by atoms with E-state index >= 15 is 0 Å². The Kier molecular flexibility index (Phi) is 4.41. The minimum absolute atomic E-state index is 0.203. The highest BCUT2D eigenvalue weighted by Crippen LogP contribution is 2.26. The van der Waals surface area contributed by atoms with E-state index in [4.69, 9.17) is 4.42 Å². The van der Waals surface area contributed by atoms with Gasteiger partial charge in [0, 0.05) is 0 Å². The van der Waals surface area contributed by atoms with Crippen LogP contribution in [0, 0.1) is 6.92 Å². The van der Waals surface area contributed by atoms with Gasteiger partial charge in [-0.15, -0.1) is 11.3 Å². The maximum atomic E-state index is 12.4. The molecular formula is C16H14N2O4S2. The van der Waals surface area contributed by atoms with Gasteiger partial charge in [-0.1, -0.05) is 18.2 Å². The van der Waals surface area contributed by atoms with E-state index in [1.54, 1.807) is 48.7 Å². The maximum Gasteiger partial charge on any atom is 0.271 e. The van der Waals surface area contributed by atoms with Crippen molar-refractivity contribution in [1.29, 1.82) is 0 Å². The molecule has 0 unspecified atom stereocenters. The lowest BCUT2D eigenvalue weighted by atomic mass is 10.2. The zero-order chi connectivity index (χ0) is 17.2. The summed E-state index contributed by atoms with van der Waals surface area (Å²) in [5.41, 5.74) is 1.05. The zero-order valence-corrected chi connectivity index (χ0v) is 14.3. The van der Waals surface area contributed by atoms with Gasteiger partial charge in [-0.25, -0.2) is 8.42 Å². The maximum absolute atomic E-state index is 12.4. The molecule has 0 saturated heterocycles. The SMILES string of the molecule is Cc1occc1C(=O)Nc1ccccc1NS(=O)(=O)c1cccs1. The molecule has 1 amide bonds. The number of rotatable bonds is 5. The summed E-state index contributed by atoms with van der Waals surface area (Å²) in [6.07, 6.45) is 1.43. The number of aryl methyl sites for hydroxylation is 1. The molecule has 0 saturated carbocycles. The Balaban J connectivity index is 1.86. The first-order chi connectivity index (χ1) is 11.5. The molecule has 0 aliphatic carbocycles. The number of hydrogen-bond acceptors (Lipinski definition) is 5. The molecule has 2 N–H and O–H groups in total. The van der Waals surface area contributed by atoms with Gasteiger partial charge in [-0.05, 0) is 36.6 Å². The largest absolute Gasteiger partial charge is 0.469 e. The molecule has 0 bridgehead atoms. The van der Waals surface area contributed by atoms with Crippen molar-refractivity contribution in [3.63, 3.8) is 0 Å². The monoisotopic (exact) mass is 362 g/mol. The first-order valence-corrected chi connectivity index (χ1v) is 9.34. The predicted molar refractivity (Wildman–Crippen MR) is 93.0 cm³/mol. The van der Waals surface area contributed by atoms with Crippen LogP contribution in [0.4, 0.5) is 11.4 Å². The van der Waals surface area contributed by atoms with Gasteiger partial charge >= 0.3 is 0 Å². The lowest BCUT2D eigenvalue weighted by molar-refractivity contribution is 0.102. The number of benzene rings is 1. The van der Waals surface area contributed by atoms with Crippen LogP contribution in [-0.2, 0) is 10.0 Å². The number of para-hydroxylation sites is 2. The van der Waals surface area contributed by atoms with Gasteiger partial charge < -0.3 is 9.73 Å². The van der Waals surface area contributed by atoms with Crippen LogP contribution in [0.2, 0.25) is 0 Å². The van der Waals surface area contributed by atoms with Crippen LogP contribution in [0.1, 0.15) is 16.1 Å². The molecule has 24 heavy (non-hydrogen) atoms. The van der Waals surface area contributed by atoms with E-state index in [0.717, 1.165) is 11.3 Å². The van der Waals surface area contributed by atoms with Gasteiger partial charge in [-0.3, -0.25) is 9.52 Å². The molecule has 2 heterocycles. The van der Waals surface area contributed by atoms with Gasteiger partial charge in [0.05, 0.1) is 23.2 Å². The van der Waals surface area contributed by atoms with E-state index in [1.165, 1.54) is 12.3 Å². The lowest BCUT2D eigenvalue weighted by Gasteiger charge is -2.12. The summed E-state index contributed by atoms with van der Waals surface area (Å²) in [6, 6.07) is 11.3. The van der Waals surface area contributed by atoms with E-state index in [1.807, 2.05) is 0 Å². The minimum atomic E-state index is -3.69. The standard InChI is InChI=1S/C16H14N2O4S2/c1-11-12(8-9-22-11)16(19)17-13-5-2-3-6-14(13)18-24(20,21)15-7-4-10-23-15/h2-10,18H,1H3,(H,17,19). The molecule has 1 aromatic carbocycles. The number of furan rings is 1. The summed E-state index contributed by atoms with van der Waals surface area (Å²) in [5, 5.41) is 4.38. The fourth-order valence-electron chi connectivity index (χ4n) is 2.10. The van der Waals surface area contributed by atoms with Gasteiger partial charge in [0.2, 0.25) is 0 Å². The Morgan fingerprint density at radius 3 is 2.46 bits per heavy atom. The minimum Gasteiger partial charge on any atom is -0.469 e. The van der Waals surface area contributed by atoms with Crippen molar-refractivity contribution in [2.75, 3.05) is 10.0 Å². The number of hydrogen-bond donors (Lipinski definition) is 2. The normalized spacial score (nSPS) is 11.2. The lowest BCUT2D eigenvalue weighted by Crippen LogP contribution is -2.16. The summed E-state index contributed by atoms with van der Waals surface area (Å²) in [6.45, 7) is 1.68. The third-order valence-corrected chi connectivity index (χ3v) is 6.05. The Labute approximate surface area is 143 Å². The van der Waals surface area contributed by atoms with Gasteiger partial charge in [0.15, 0.2) is 0 Å². The molecule has 0 aliphatic rings. The van der Waals surface area contributed by atoms with E-state index < -0.39 is 10.0 Å². The fourth-order valence-corrected chi connectivity index (χ4v) is 4.18. The molecule has 0 atom stereocenters. The van der Waals surface area contributed by atoms with Crippen molar-refractivity contribution in [1.82, 2.24) is 0 Å². The highest BCUT2D eigenvalue weighted by molar-refractivity contribution is 7.94. The van der Waals surface area contributed by atoms with Gasteiger partial charge in [0.1, 0.15) is 9.97 Å². The third kappa shape index (κ3) is 3.34. The summed E-state index contributed by atoms with van der Waals surface area (Å²) >= 11 is 1.12. The highest BCUT2D eigenvalue weighted by atomic mass is 32.2. The molecule has 3 rings (SSSR count). The summed E-state index contributed by atoms with van der Waals surface area (Å²) < 4.78 is 32.5. The predicted octanol–water partition coefficient (Wildman–Crippen LogP) is 3.70. The second-order valence-corrected chi connectivity index (χ2v) is 7.78. The number of amides is 1. The first-order valence-electron chi connectivity index (χ1n) is 6.98. The van der Waals surface area contributed by atoms with Crippen LogP contribution in [0.25, 0.3) is 0 Å². The molecule has 124 valence electrons. The van der Waals surface area contributed by atoms with Crippen molar-refractivity contribution in [3.05, 3.63) is 65.4 Å². The van der Waals surface area contributed by atoms with Crippen LogP contribution in [0.3, 0.4) is 0 Å². The number of thiophene rings is 1. The smallest absolute Gasteiger partial charge is 0.271 e. The van der Waals surface area contributed by atoms with Crippen LogP contribution >= 0.6 is 11.3 Å². The van der Waals surface area contributed by atoms with Crippen molar-refractivity contribution in [3.8, 4) is 0 Å². The third-order valence-electron chi connectivity index (χ3n) is 3.28. The average Bonchev–Trinajstić information content (AvgIpc) is 3.20. The quantitative estimate of drug-likeness (QED) is 0.724. The molecule has 3 aromatic rings. The molecule has 0 spiro atoms. The highest BCUT2D eigenvalue weighted by Gasteiger charge is 2.18. The molecule has 0 radical (unpaired) electrons. The Morgan fingerprint density at radius 1 is 1.08 bits per heavy atom. The number of carbonyl (C=O) groups is 1. The second-order valence-electron chi connectivity index (χ2n) is 4.93. The van der Waals surface area contributed by atoms with E-state index in [2.05, 4.69) is 10.0 Å². The fraction of sp³-hybridized carbons (Fsp3) is 0.0625. The molecule has 0 aliphatic heterocycles. The molecule has 6 nitrogen and oxygen atoms in total. The first kappa shape index (κ1) is 16.3. The van der Waals surface area contributed by atoms with E-state index in [-0.39, 0.29) is 10.1 Å². The average molecular weight is 362 g/mol. The van der Waals surface area contributed by atoms with Crippen LogP contribution in [-0.4, -0.2) is 14.3 Å². The topological polar surface area (TPSA) is 88.4 Å². The molecule has 0 fully saturated rings. The van der Waals surface area contributed by atoms with Crippen LogP contribution < -0.4 is 10.0 Å². The molecular weight excluding hydrogens is 348 g/mol. The summed E-state index contributed by atoms with van der Waals surface area (Å²) in [4.78, 5) is 12.3. The number of anilines is 2. The number of nitrogens with one attached hydrogen (secondary N) is 2. The van der Waals surface area contributed by atoms with Crippen molar-refractivity contribution < 1.29 is 17.6 Å². The van der Waals surface area contributed by atoms with Crippen molar-refractivity contribution >= 4 is 38.6 Å².